The Hall–Kier alpha value is -2.40. The van der Waals surface area contributed by atoms with Gasteiger partial charge in [-0.25, -0.2) is 9.50 Å². The molecule has 0 bridgehead atoms. The van der Waals surface area contributed by atoms with Crippen molar-refractivity contribution >= 4 is 5.65 Å². The second-order valence-corrected chi connectivity index (χ2v) is 5.95. The summed E-state index contributed by atoms with van der Waals surface area (Å²) in [5.41, 5.74) is 3.13. The molecule has 0 radical (unpaired) electrons. The lowest BCUT2D eigenvalue weighted by Gasteiger charge is -2.19. The Bertz CT molecular complexity index is 821. The van der Waals surface area contributed by atoms with Crippen molar-refractivity contribution in [2.24, 2.45) is 0 Å². The minimum absolute atomic E-state index is 0.469. The number of aromatic nitrogens is 3. The summed E-state index contributed by atoms with van der Waals surface area (Å²) >= 11 is 0. The van der Waals surface area contributed by atoms with Crippen molar-refractivity contribution in [3.63, 3.8) is 0 Å². The lowest BCUT2D eigenvalue weighted by molar-refractivity contribution is 0.415. The van der Waals surface area contributed by atoms with E-state index >= 15 is 0 Å². The van der Waals surface area contributed by atoms with Crippen LogP contribution in [0.5, 0.6) is 5.75 Å². The maximum Gasteiger partial charge on any atom is 0.155 e. The van der Waals surface area contributed by atoms with Crippen LogP contribution in [0.2, 0.25) is 0 Å². The van der Waals surface area contributed by atoms with Crippen LogP contribution in [0.15, 0.2) is 42.6 Å². The molecule has 118 valence electrons. The number of nitrogens with zero attached hydrogens (tertiary/aromatic N) is 3. The van der Waals surface area contributed by atoms with E-state index in [9.17, 15) is 0 Å². The highest BCUT2D eigenvalue weighted by molar-refractivity contribution is 5.65. The van der Waals surface area contributed by atoms with Gasteiger partial charge in [0.25, 0.3) is 0 Å². The Kier molecular flexibility index (Phi) is 3.71. The minimum atomic E-state index is 0.469. The number of hydrogen-bond acceptors (Lipinski definition) is 4. The first-order valence-electron chi connectivity index (χ1n) is 8.05. The van der Waals surface area contributed by atoms with E-state index in [1.807, 2.05) is 35.0 Å². The summed E-state index contributed by atoms with van der Waals surface area (Å²) in [6.07, 6.45) is 4.26. The number of nitrogens with one attached hydrogen (secondary N) is 1. The molecule has 1 aliphatic heterocycles. The summed E-state index contributed by atoms with van der Waals surface area (Å²) in [7, 11) is 1.69. The number of benzene rings is 1. The summed E-state index contributed by atoms with van der Waals surface area (Å²) in [6, 6.07) is 12.2. The molecule has 1 aliphatic rings. The van der Waals surface area contributed by atoms with Gasteiger partial charge in [0.1, 0.15) is 5.75 Å². The van der Waals surface area contributed by atoms with Crippen LogP contribution in [0.4, 0.5) is 0 Å². The van der Waals surface area contributed by atoms with Crippen LogP contribution >= 0.6 is 0 Å². The van der Waals surface area contributed by atoms with E-state index in [2.05, 4.69) is 17.4 Å². The minimum Gasteiger partial charge on any atom is -0.497 e. The zero-order chi connectivity index (χ0) is 15.6. The van der Waals surface area contributed by atoms with Crippen LogP contribution in [0.1, 0.15) is 24.6 Å². The van der Waals surface area contributed by atoms with Gasteiger partial charge in [-0.05, 0) is 55.8 Å². The van der Waals surface area contributed by atoms with E-state index in [1.165, 1.54) is 0 Å². The predicted octanol–water partition coefficient (Wildman–Crippen LogP) is 2.87. The van der Waals surface area contributed by atoms with Gasteiger partial charge in [0.15, 0.2) is 11.5 Å². The van der Waals surface area contributed by atoms with Gasteiger partial charge in [-0.3, -0.25) is 0 Å². The Labute approximate surface area is 135 Å². The van der Waals surface area contributed by atoms with Crippen LogP contribution < -0.4 is 10.1 Å². The second-order valence-electron chi connectivity index (χ2n) is 5.95. The molecule has 23 heavy (non-hydrogen) atoms. The third-order valence-electron chi connectivity index (χ3n) is 4.45. The fourth-order valence-corrected chi connectivity index (χ4v) is 3.13. The van der Waals surface area contributed by atoms with E-state index < -0.39 is 0 Å². The third kappa shape index (κ3) is 2.80. The SMILES string of the molecule is COc1cccc(-c2ccc3nc(C4CCNCC4)nn3c2)c1. The Morgan fingerprint density at radius 3 is 2.83 bits per heavy atom. The molecule has 3 heterocycles. The molecule has 3 aromatic rings. The van der Waals surface area contributed by atoms with E-state index in [4.69, 9.17) is 14.8 Å². The average molecular weight is 308 g/mol. The summed E-state index contributed by atoms with van der Waals surface area (Å²) in [4.78, 5) is 4.70. The van der Waals surface area contributed by atoms with Crippen molar-refractivity contribution in [2.45, 2.75) is 18.8 Å². The molecular weight excluding hydrogens is 288 g/mol. The first-order chi connectivity index (χ1) is 11.3. The fraction of sp³-hybridized carbons (Fsp3) is 0.333. The molecule has 0 unspecified atom stereocenters. The second kappa shape index (κ2) is 6.01. The van der Waals surface area contributed by atoms with Crippen LogP contribution in [0, 0.1) is 0 Å². The highest BCUT2D eigenvalue weighted by Gasteiger charge is 2.19. The number of fused-ring (bicyclic) bond motifs is 1. The molecule has 1 saturated heterocycles. The largest absolute Gasteiger partial charge is 0.497 e. The standard InChI is InChI=1S/C18H20N4O/c1-23-16-4-2-3-14(11-16)15-5-6-17-20-18(21-22(17)12-15)13-7-9-19-10-8-13/h2-6,11-13,19H,7-10H2,1H3. The molecular formula is C18H20N4O. The lowest BCUT2D eigenvalue weighted by atomic mass is 9.98. The van der Waals surface area contributed by atoms with Gasteiger partial charge in [0, 0.05) is 17.7 Å². The van der Waals surface area contributed by atoms with Crippen LogP contribution in [0.25, 0.3) is 16.8 Å². The van der Waals surface area contributed by atoms with Gasteiger partial charge in [0.05, 0.1) is 7.11 Å². The predicted molar refractivity (Wildman–Crippen MR) is 89.8 cm³/mol. The zero-order valence-electron chi connectivity index (χ0n) is 13.2. The third-order valence-corrected chi connectivity index (χ3v) is 4.45. The highest BCUT2D eigenvalue weighted by atomic mass is 16.5. The summed E-state index contributed by atoms with van der Waals surface area (Å²) in [5, 5.41) is 8.10. The van der Waals surface area contributed by atoms with Crippen molar-refractivity contribution in [3.05, 3.63) is 48.4 Å². The van der Waals surface area contributed by atoms with E-state index in [-0.39, 0.29) is 0 Å². The number of rotatable bonds is 3. The summed E-state index contributed by atoms with van der Waals surface area (Å²) in [5.74, 6) is 2.29. The number of methoxy groups -OCH3 is 1. The molecule has 1 aromatic carbocycles. The molecule has 1 N–H and O–H groups in total. The Morgan fingerprint density at radius 1 is 1.13 bits per heavy atom. The zero-order valence-corrected chi connectivity index (χ0v) is 13.2. The van der Waals surface area contributed by atoms with E-state index in [1.54, 1.807) is 7.11 Å². The van der Waals surface area contributed by atoms with Crippen molar-refractivity contribution < 1.29 is 4.74 Å². The topological polar surface area (TPSA) is 51.5 Å². The van der Waals surface area contributed by atoms with Gasteiger partial charge in [-0.1, -0.05) is 12.1 Å². The Balaban J connectivity index is 1.69. The molecule has 5 heteroatoms. The average Bonchev–Trinajstić information content (AvgIpc) is 3.06. The molecule has 0 amide bonds. The summed E-state index contributed by atoms with van der Waals surface area (Å²) in [6.45, 7) is 2.10. The molecule has 0 spiro atoms. The van der Waals surface area contributed by atoms with E-state index in [0.29, 0.717) is 5.92 Å². The monoisotopic (exact) mass is 308 g/mol. The highest BCUT2D eigenvalue weighted by Crippen LogP contribution is 2.26. The van der Waals surface area contributed by atoms with Crippen LogP contribution in [-0.4, -0.2) is 34.8 Å². The lowest BCUT2D eigenvalue weighted by Crippen LogP contribution is -2.27. The van der Waals surface area contributed by atoms with Crippen molar-refractivity contribution in [1.29, 1.82) is 0 Å². The molecule has 0 aliphatic carbocycles. The van der Waals surface area contributed by atoms with Crippen molar-refractivity contribution in [3.8, 4) is 16.9 Å². The first kappa shape index (κ1) is 14.2. The number of ether oxygens (including phenoxy) is 1. The number of pyridine rings is 1. The molecule has 1 fully saturated rings. The van der Waals surface area contributed by atoms with Crippen molar-refractivity contribution in [2.75, 3.05) is 20.2 Å². The Morgan fingerprint density at radius 2 is 2.00 bits per heavy atom. The van der Waals surface area contributed by atoms with Gasteiger partial charge >= 0.3 is 0 Å². The fourth-order valence-electron chi connectivity index (χ4n) is 3.13. The van der Waals surface area contributed by atoms with Gasteiger partial charge in [-0.15, -0.1) is 0 Å². The van der Waals surface area contributed by atoms with Gasteiger partial charge < -0.3 is 10.1 Å². The normalized spacial score (nSPS) is 15.9. The van der Waals surface area contributed by atoms with E-state index in [0.717, 1.165) is 54.3 Å². The number of hydrogen-bond donors (Lipinski definition) is 1. The van der Waals surface area contributed by atoms with Crippen LogP contribution in [0.3, 0.4) is 0 Å². The number of piperidine rings is 1. The smallest absolute Gasteiger partial charge is 0.155 e. The molecule has 0 saturated carbocycles. The summed E-state index contributed by atoms with van der Waals surface area (Å²) < 4.78 is 7.20. The molecule has 5 nitrogen and oxygen atoms in total. The van der Waals surface area contributed by atoms with Crippen LogP contribution in [-0.2, 0) is 0 Å². The quantitative estimate of drug-likeness (QED) is 0.808. The van der Waals surface area contributed by atoms with Gasteiger partial charge in [0.2, 0.25) is 0 Å². The maximum atomic E-state index is 5.31. The molecule has 2 aromatic heterocycles. The van der Waals surface area contributed by atoms with Gasteiger partial charge in [-0.2, -0.15) is 5.10 Å². The van der Waals surface area contributed by atoms with Crippen molar-refractivity contribution in [1.82, 2.24) is 19.9 Å². The molecule has 4 rings (SSSR count). The molecule has 0 atom stereocenters. The maximum absolute atomic E-state index is 5.31. The first-order valence-corrected chi connectivity index (χ1v) is 8.05.